The maximum absolute atomic E-state index is 13.5. The molecule has 19 heavy (non-hydrogen) atoms. The summed E-state index contributed by atoms with van der Waals surface area (Å²) in [5, 5.41) is 2.24. The van der Waals surface area contributed by atoms with Crippen LogP contribution in [-0.2, 0) is 0 Å². The predicted octanol–water partition coefficient (Wildman–Crippen LogP) is 3.83. The molecule has 0 aliphatic heterocycles. The number of halogens is 4. The van der Waals surface area contributed by atoms with E-state index < -0.39 is 11.7 Å². The van der Waals surface area contributed by atoms with E-state index in [-0.39, 0.29) is 26.8 Å². The molecule has 1 amide bonds. The average molecular weight is 321 g/mol. The van der Waals surface area contributed by atoms with Crippen LogP contribution in [0.3, 0.4) is 0 Å². The molecule has 2 rings (SSSR count). The Morgan fingerprint density at radius 2 is 1.95 bits per heavy atom. The van der Waals surface area contributed by atoms with Crippen LogP contribution in [0.5, 0.6) is 0 Å². The Balaban J connectivity index is 2.31. The first-order valence-electron chi connectivity index (χ1n) is 4.93. The van der Waals surface area contributed by atoms with E-state index in [1.807, 2.05) is 0 Å². The van der Waals surface area contributed by atoms with Gasteiger partial charge in [-0.25, -0.2) is 14.4 Å². The number of aromatic nitrogens is 2. The van der Waals surface area contributed by atoms with Crippen molar-refractivity contribution in [3.05, 3.63) is 51.1 Å². The Labute approximate surface area is 122 Å². The molecule has 1 aromatic heterocycles. The number of carbonyl (C=O) groups is 1. The molecule has 4 nitrogen and oxygen atoms in total. The number of rotatable bonds is 2. The first-order valence-corrected chi connectivity index (χ1v) is 6.06. The molecule has 0 atom stereocenters. The Hall–Kier alpha value is -1.43. The van der Waals surface area contributed by atoms with Crippen LogP contribution in [0.4, 0.5) is 10.2 Å². The van der Waals surface area contributed by atoms with Gasteiger partial charge in [-0.15, -0.1) is 0 Å². The number of benzene rings is 1. The highest BCUT2D eigenvalue weighted by atomic mass is 35.5. The summed E-state index contributed by atoms with van der Waals surface area (Å²) in [5.74, 6) is -1.44. The number of hydrogen-bond donors (Lipinski definition) is 1. The molecule has 0 aliphatic rings. The lowest BCUT2D eigenvalue weighted by atomic mass is 10.2. The Kier molecular flexibility index (Phi) is 4.19. The molecule has 1 N–H and O–H groups in total. The van der Waals surface area contributed by atoms with Gasteiger partial charge in [0.25, 0.3) is 5.91 Å². The van der Waals surface area contributed by atoms with Crippen molar-refractivity contribution in [2.24, 2.45) is 0 Å². The lowest BCUT2D eigenvalue weighted by Crippen LogP contribution is -2.15. The molecular formula is C11H5Cl3FN3O. The van der Waals surface area contributed by atoms with Gasteiger partial charge in [0.1, 0.15) is 16.8 Å². The third-order valence-corrected chi connectivity index (χ3v) is 2.78. The summed E-state index contributed by atoms with van der Waals surface area (Å²) < 4.78 is 13.5. The van der Waals surface area contributed by atoms with Crippen molar-refractivity contribution in [3.8, 4) is 0 Å². The zero-order chi connectivity index (χ0) is 14.0. The van der Waals surface area contributed by atoms with Gasteiger partial charge in [-0.1, -0.05) is 29.3 Å². The molecule has 98 valence electrons. The number of hydrogen-bond acceptors (Lipinski definition) is 3. The largest absolute Gasteiger partial charge is 0.306 e. The molecule has 0 unspecified atom stereocenters. The predicted molar refractivity (Wildman–Crippen MR) is 71.4 cm³/mol. The highest BCUT2D eigenvalue weighted by molar-refractivity contribution is 6.34. The molecule has 0 saturated heterocycles. The van der Waals surface area contributed by atoms with Crippen molar-refractivity contribution >= 4 is 46.5 Å². The first kappa shape index (κ1) is 14.0. The summed E-state index contributed by atoms with van der Waals surface area (Å²) in [6, 6.07) is 5.20. The zero-order valence-corrected chi connectivity index (χ0v) is 11.4. The second-order valence-corrected chi connectivity index (χ2v) is 4.53. The lowest BCUT2D eigenvalue weighted by Gasteiger charge is -2.07. The minimum Gasteiger partial charge on any atom is -0.306 e. The minimum atomic E-state index is -0.756. The Bertz CT molecular complexity index is 611. The SMILES string of the molecule is O=C(Nc1cc(Cl)nc(Cl)n1)c1c(F)cccc1Cl. The van der Waals surface area contributed by atoms with Crippen molar-refractivity contribution in [3.63, 3.8) is 0 Å². The van der Waals surface area contributed by atoms with Crippen LogP contribution in [0.2, 0.25) is 15.5 Å². The van der Waals surface area contributed by atoms with Crippen molar-refractivity contribution in [2.45, 2.75) is 0 Å². The van der Waals surface area contributed by atoms with E-state index >= 15 is 0 Å². The van der Waals surface area contributed by atoms with Crippen LogP contribution in [0.1, 0.15) is 10.4 Å². The van der Waals surface area contributed by atoms with E-state index in [0.717, 1.165) is 6.07 Å². The van der Waals surface area contributed by atoms with E-state index in [1.54, 1.807) is 0 Å². The van der Waals surface area contributed by atoms with E-state index in [1.165, 1.54) is 18.2 Å². The highest BCUT2D eigenvalue weighted by Gasteiger charge is 2.16. The standard InChI is InChI=1S/C11H5Cl3FN3O/c12-5-2-1-3-6(15)9(5)10(19)17-8-4-7(13)16-11(14)18-8/h1-4H,(H,16,17,18,19). The first-order chi connectivity index (χ1) is 8.97. The van der Waals surface area contributed by atoms with Gasteiger partial charge in [0.2, 0.25) is 5.28 Å². The monoisotopic (exact) mass is 319 g/mol. The third-order valence-electron chi connectivity index (χ3n) is 2.10. The summed E-state index contributed by atoms with van der Waals surface area (Å²) in [7, 11) is 0. The molecule has 8 heteroatoms. The van der Waals surface area contributed by atoms with Crippen molar-refractivity contribution in [1.82, 2.24) is 9.97 Å². The van der Waals surface area contributed by atoms with Crippen LogP contribution in [0.25, 0.3) is 0 Å². The number of anilines is 1. The van der Waals surface area contributed by atoms with Crippen LogP contribution >= 0.6 is 34.8 Å². The summed E-state index contributed by atoms with van der Waals surface area (Å²) >= 11 is 17.0. The van der Waals surface area contributed by atoms with E-state index in [9.17, 15) is 9.18 Å². The normalized spacial score (nSPS) is 10.3. The Morgan fingerprint density at radius 3 is 2.58 bits per heavy atom. The molecule has 0 aliphatic carbocycles. The van der Waals surface area contributed by atoms with Crippen LogP contribution in [-0.4, -0.2) is 15.9 Å². The molecule has 0 saturated carbocycles. The van der Waals surface area contributed by atoms with Crippen LogP contribution in [0, 0.1) is 5.82 Å². The van der Waals surface area contributed by atoms with Crippen molar-refractivity contribution in [2.75, 3.05) is 5.32 Å². The van der Waals surface area contributed by atoms with E-state index in [0.29, 0.717) is 0 Å². The van der Waals surface area contributed by atoms with Gasteiger partial charge < -0.3 is 5.32 Å². The molecule has 2 aromatic rings. The molecule has 0 spiro atoms. The molecule has 0 fully saturated rings. The Morgan fingerprint density at radius 1 is 1.21 bits per heavy atom. The number of carbonyl (C=O) groups excluding carboxylic acids is 1. The van der Waals surface area contributed by atoms with Gasteiger partial charge in [-0.2, -0.15) is 0 Å². The third kappa shape index (κ3) is 3.32. The average Bonchev–Trinajstić information content (AvgIpc) is 2.26. The summed E-state index contributed by atoms with van der Waals surface area (Å²) in [6.07, 6.45) is 0. The fourth-order valence-electron chi connectivity index (χ4n) is 1.35. The summed E-state index contributed by atoms with van der Waals surface area (Å²) in [6.45, 7) is 0. The van der Waals surface area contributed by atoms with Gasteiger partial charge >= 0.3 is 0 Å². The summed E-state index contributed by atoms with van der Waals surface area (Å²) in [5.41, 5.74) is -0.282. The molecule has 0 radical (unpaired) electrons. The molecule has 1 aromatic carbocycles. The maximum Gasteiger partial charge on any atom is 0.261 e. The zero-order valence-electron chi connectivity index (χ0n) is 9.12. The summed E-state index contributed by atoms with van der Waals surface area (Å²) in [4.78, 5) is 19.2. The molecule has 0 bridgehead atoms. The molecule has 1 heterocycles. The number of nitrogens with zero attached hydrogens (tertiary/aromatic N) is 2. The van der Waals surface area contributed by atoms with Gasteiger partial charge in [0.15, 0.2) is 0 Å². The van der Waals surface area contributed by atoms with Crippen molar-refractivity contribution < 1.29 is 9.18 Å². The second kappa shape index (κ2) is 5.69. The van der Waals surface area contributed by atoms with E-state index in [4.69, 9.17) is 34.8 Å². The number of nitrogens with one attached hydrogen (secondary N) is 1. The smallest absolute Gasteiger partial charge is 0.261 e. The lowest BCUT2D eigenvalue weighted by molar-refractivity contribution is 0.102. The van der Waals surface area contributed by atoms with Gasteiger partial charge in [-0.3, -0.25) is 4.79 Å². The minimum absolute atomic E-state index is 0.0104. The highest BCUT2D eigenvalue weighted by Crippen LogP contribution is 2.21. The fraction of sp³-hybridized carbons (Fsp3) is 0. The molecular weight excluding hydrogens is 315 g/mol. The quantitative estimate of drug-likeness (QED) is 0.676. The topological polar surface area (TPSA) is 54.9 Å². The van der Waals surface area contributed by atoms with Crippen LogP contribution in [0.15, 0.2) is 24.3 Å². The van der Waals surface area contributed by atoms with E-state index in [2.05, 4.69) is 15.3 Å². The van der Waals surface area contributed by atoms with Gasteiger partial charge in [-0.05, 0) is 23.7 Å². The van der Waals surface area contributed by atoms with Gasteiger partial charge in [0, 0.05) is 6.07 Å². The second-order valence-electron chi connectivity index (χ2n) is 3.40. The van der Waals surface area contributed by atoms with Crippen molar-refractivity contribution in [1.29, 1.82) is 0 Å². The number of amides is 1. The van der Waals surface area contributed by atoms with Crippen LogP contribution < -0.4 is 5.32 Å². The fourth-order valence-corrected chi connectivity index (χ4v) is 2.01. The maximum atomic E-state index is 13.5. The van der Waals surface area contributed by atoms with Gasteiger partial charge in [0.05, 0.1) is 10.6 Å².